The predicted octanol–water partition coefficient (Wildman–Crippen LogP) is 4.91. The molecule has 0 unspecified atom stereocenters. The molecule has 0 aromatic heterocycles. The molecule has 1 aromatic rings. The van der Waals surface area contributed by atoms with Gasteiger partial charge in [-0.2, -0.15) is 0 Å². The lowest BCUT2D eigenvalue weighted by atomic mass is 9.77. The Balaban J connectivity index is 1.62. The molecule has 2 saturated carbocycles. The van der Waals surface area contributed by atoms with Gasteiger partial charge in [0, 0.05) is 13.3 Å². The van der Waals surface area contributed by atoms with Gasteiger partial charge in [-0.3, -0.25) is 9.59 Å². The normalized spacial score (nSPS) is 42.8. The SMILES string of the molecule is CC(=O)O[C@@H]1[C@@H]2[C@@H]3O[C@@]3(C)CC[C@H]3[C@@H](/C=C(\C)C(=O)[C@@]2(OC(=O)c2ccccc2)C[C@@H]1C)C3(C)C. The van der Waals surface area contributed by atoms with E-state index in [1.54, 1.807) is 24.3 Å². The van der Waals surface area contributed by atoms with Crippen LogP contribution >= 0.6 is 0 Å². The number of hydrogen-bond acceptors (Lipinski definition) is 6. The third-order valence-corrected chi connectivity index (χ3v) is 9.19. The highest BCUT2D eigenvalue weighted by Gasteiger charge is 2.72. The maximum atomic E-state index is 14.3. The molecule has 1 saturated heterocycles. The van der Waals surface area contributed by atoms with Gasteiger partial charge < -0.3 is 14.2 Å². The van der Waals surface area contributed by atoms with Gasteiger partial charge in [-0.25, -0.2) is 4.79 Å². The maximum Gasteiger partial charge on any atom is 0.339 e. The summed E-state index contributed by atoms with van der Waals surface area (Å²) in [5.41, 5.74) is -0.793. The number of carbonyl (C=O) groups is 3. The summed E-state index contributed by atoms with van der Waals surface area (Å²) in [5.74, 6) is -1.12. The molecule has 1 aliphatic heterocycles. The maximum absolute atomic E-state index is 14.3. The highest BCUT2D eigenvalue weighted by molar-refractivity contribution is 6.04. The molecule has 3 aliphatic carbocycles. The van der Waals surface area contributed by atoms with Gasteiger partial charge in [-0.1, -0.05) is 45.0 Å². The Morgan fingerprint density at radius 2 is 1.80 bits per heavy atom. The summed E-state index contributed by atoms with van der Waals surface area (Å²) >= 11 is 0. The number of ether oxygens (including phenoxy) is 3. The monoisotopic (exact) mass is 480 g/mol. The predicted molar refractivity (Wildman–Crippen MR) is 129 cm³/mol. The lowest BCUT2D eigenvalue weighted by Crippen LogP contribution is -2.52. The largest absolute Gasteiger partial charge is 0.462 e. The van der Waals surface area contributed by atoms with Gasteiger partial charge in [0.1, 0.15) is 6.10 Å². The van der Waals surface area contributed by atoms with Crippen molar-refractivity contribution in [3.05, 3.63) is 47.5 Å². The Hall–Kier alpha value is -2.47. The Morgan fingerprint density at radius 3 is 2.46 bits per heavy atom. The zero-order valence-electron chi connectivity index (χ0n) is 21.5. The number of ketones is 1. The number of rotatable bonds is 3. The molecule has 6 heteroatoms. The summed E-state index contributed by atoms with van der Waals surface area (Å²) in [6.45, 7) is 11.7. The van der Waals surface area contributed by atoms with E-state index in [4.69, 9.17) is 14.2 Å². The second-order valence-corrected chi connectivity index (χ2v) is 11.9. The molecule has 0 bridgehead atoms. The average molecular weight is 481 g/mol. The molecule has 0 N–H and O–H groups in total. The van der Waals surface area contributed by atoms with Gasteiger partial charge in [0.25, 0.3) is 0 Å². The van der Waals surface area contributed by atoms with Crippen molar-refractivity contribution in [2.24, 2.45) is 29.1 Å². The first-order valence-electron chi connectivity index (χ1n) is 12.8. The molecule has 0 spiro atoms. The van der Waals surface area contributed by atoms with E-state index >= 15 is 0 Å². The molecule has 0 radical (unpaired) electrons. The Morgan fingerprint density at radius 1 is 1.11 bits per heavy atom. The number of carbonyl (C=O) groups excluding carboxylic acids is 3. The molecule has 4 aliphatic rings. The zero-order valence-corrected chi connectivity index (χ0v) is 21.5. The van der Waals surface area contributed by atoms with Crippen molar-refractivity contribution in [3.8, 4) is 0 Å². The van der Waals surface area contributed by atoms with Crippen LogP contribution in [0.4, 0.5) is 0 Å². The van der Waals surface area contributed by atoms with Crippen LogP contribution in [0.25, 0.3) is 0 Å². The Kier molecular flexibility index (Phi) is 5.55. The van der Waals surface area contributed by atoms with Crippen molar-refractivity contribution in [2.45, 2.75) is 84.2 Å². The van der Waals surface area contributed by atoms with E-state index < -0.39 is 35.2 Å². The van der Waals surface area contributed by atoms with Gasteiger partial charge in [-0.15, -0.1) is 0 Å². The fraction of sp³-hybridized carbons (Fsp3) is 0.621. The van der Waals surface area contributed by atoms with E-state index in [2.05, 4.69) is 26.8 Å². The zero-order chi connectivity index (χ0) is 25.3. The number of hydrogen-bond donors (Lipinski definition) is 0. The van der Waals surface area contributed by atoms with E-state index in [0.717, 1.165) is 12.8 Å². The summed E-state index contributed by atoms with van der Waals surface area (Å²) in [6.07, 6.45) is 3.31. The van der Waals surface area contributed by atoms with Gasteiger partial charge in [0.05, 0.1) is 23.2 Å². The number of Topliss-reactive ketones (excluding diaryl/α,β-unsaturated/α-hetero) is 1. The van der Waals surface area contributed by atoms with Crippen molar-refractivity contribution in [1.82, 2.24) is 0 Å². The first kappa shape index (κ1) is 24.2. The third-order valence-electron chi connectivity index (χ3n) is 9.19. The van der Waals surface area contributed by atoms with Crippen LogP contribution in [0.5, 0.6) is 0 Å². The molecule has 188 valence electrons. The first-order valence-corrected chi connectivity index (χ1v) is 12.8. The molecular formula is C29H36O6. The van der Waals surface area contributed by atoms with Crippen molar-refractivity contribution < 1.29 is 28.6 Å². The third kappa shape index (κ3) is 3.85. The van der Waals surface area contributed by atoms with Gasteiger partial charge in [-0.05, 0) is 67.6 Å². The smallest absolute Gasteiger partial charge is 0.339 e. The molecule has 3 fully saturated rings. The lowest BCUT2D eigenvalue weighted by molar-refractivity contribution is -0.156. The number of epoxide rings is 1. The minimum absolute atomic E-state index is 0.123. The van der Waals surface area contributed by atoms with Crippen LogP contribution in [0.3, 0.4) is 0 Å². The minimum Gasteiger partial charge on any atom is -0.462 e. The number of allylic oxidation sites excluding steroid dienone is 1. The standard InChI is InChI=1S/C29H36O6/c1-16-14-21-20(27(21,4)5)12-13-28(6)25(34-28)22-23(33-18(3)30)17(2)15-29(22,24(16)31)35-26(32)19-10-8-7-9-11-19/h7-11,14,17,20-23,25H,12-13,15H2,1-6H3/b16-14+/t17-,20-,21+,22+,23-,25-,28-,29+/m0/s1. The summed E-state index contributed by atoms with van der Waals surface area (Å²) < 4.78 is 18.4. The van der Waals surface area contributed by atoms with Gasteiger partial charge in [0.2, 0.25) is 5.78 Å². The van der Waals surface area contributed by atoms with E-state index in [9.17, 15) is 14.4 Å². The second-order valence-electron chi connectivity index (χ2n) is 11.9. The topological polar surface area (TPSA) is 82.2 Å². The summed E-state index contributed by atoms with van der Waals surface area (Å²) in [4.78, 5) is 39.8. The van der Waals surface area contributed by atoms with E-state index in [0.29, 0.717) is 23.0 Å². The van der Waals surface area contributed by atoms with Crippen molar-refractivity contribution >= 4 is 17.7 Å². The highest BCUT2D eigenvalue weighted by atomic mass is 16.6. The van der Waals surface area contributed by atoms with Crippen LogP contribution in [-0.4, -0.2) is 41.1 Å². The first-order chi connectivity index (χ1) is 16.4. The van der Waals surface area contributed by atoms with Gasteiger partial charge in [0.15, 0.2) is 5.60 Å². The highest BCUT2D eigenvalue weighted by Crippen LogP contribution is 2.65. The van der Waals surface area contributed by atoms with E-state index in [-0.39, 0.29) is 29.6 Å². The molecule has 1 aromatic carbocycles. The fourth-order valence-corrected chi connectivity index (χ4v) is 7.05. The van der Waals surface area contributed by atoms with Crippen LogP contribution in [0.15, 0.2) is 42.0 Å². The molecule has 5 rings (SSSR count). The van der Waals surface area contributed by atoms with Gasteiger partial charge >= 0.3 is 11.9 Å². The van der Waals surface area contributed by atoms with Crippen LogP contribution in [0, 0.1) is 29.1 Å². The Labute approximate surface area is 207 Å². The van der Waals surface area contributed by atoms with Crippen LogP contribution in [-0.2, 0) is 23.8 Å². The molecule has 6 nitrogen and oxygen atoms in total. The quantitative estimate of drug-likeness (QED) is 0.452. The van der Waals surface area contributed by atoms with Crippen molar-refractivity contribution in [3.63, 3.8) is 0 Å². The number of benzene rings is 1. The molecule has 1 heterocycles. The van der Waals surface area contributed by atoms with Crippen molar-refractivity contribution in [2.75, 3.05) is 0 Å². The molecule has 0 amide bonds. The fourth-order valence-electron chi connectivity index (χ4n) is 7.05. The minimum atomic E-state index is -1.46. The second kappa shape index (κ2) is 8.02. The summed E-state index contributed by atoms with van der Waals surface area (Å²) in [5, 5.41) is 0. The van der Waals surface area contributed by atoms with Crippen LogP contribution in [0.2, 0.25) is 0 Å². The van der Waals surface area contributed by atoms with Crippen LogP contribution < -0.4 is 0 Å². The molecule has 35 heavy (non-hydrogen) atoms. The number of esters is 2. The average Bonchev–Trinajstić information content (AvgIpc) is 3.57. The summed E-state index contributed by atoms with van der Waals surface area (Å²) in [7, 11) is 0. The lowest BCUT2D eigenvalue weighted by Gasteiger charge is -2.35. The Bertz CT molecular complexity index is 1090. The van der Waals surface area contributed by atoms with E-state index in [1.807, 2.05) is 19.9 Å². The number of fused-ring (bicyclic) bond motifs is 4. The summed E-state index contributed by atoms with van der Waals surface area (Å²) in [6, 6.07) is 8.73. The van der Waals surface area contributed by atoms with Crippen LogP contribution in [0.1, 0.15) is 71.2 Å². The van der Waals surface area contributed by atoms with E-state index in [1.165, 1.54) is 6.92 Å². The van der Waals surface area contributed by atoms with Crippen molar-refractivity contribution in [1.29, 1.82) is 0 Å². The molecular weight excluding hydrogens is 444 g/mol. The molecule has 8 atom stereocenters.